The SMILES string of the molecule is Cc1ccc(NC(=O)CSc2nc3c([nH]c4ccccc43)c(=O)n2-c2ccccc2C)cc1Cl. The Balaban J connectivity index is 1.55. The number of hydrogen-bond donors (Lipinski definition) is 2. The van der Waals surface area contributed by atoms with Crippen LogP contribution < -0.4 is 10.9 Å². The topological polar surface area (TPSA) is 79.8 Å². The number of carbonyl (C=O) groups is 1. The highest BCUT2D eigenvalue weighted by Crippen LogP contribution is 2.27. The first kappa shape index (κ1) is 22.3. The second kappa shape index (κ2) is 9.00. The lowest BCUT2D eigenvalue weighted by Gasteiger charge is -2.14. The molecule has 1 amide bonds. The average Bonchev–Trinajstić information content (AvgIpc) is 3.20. The maximum Gasteiger partial charge on any atom is 0.283 e. The van der Waals surface area contributed by atoms with Crippen LogP contribution in [0.25, 0.3) is 27.6 Å². The van der Waals surface area contributed by atoms with Crippen molar-refractivity contribution in [3.8, 4) is 5.69 Å². The van der Waals surface area contributed by atoms with Crippen molar-refractivity contribution in [2.24, 2.45) is 0 Å². The van der Waals surface area contributed by atoms with Gasteiger partial charge >= 0.3 is 0 Å². The van der Waals surface area contributed by atoms with Crippen LogP contribution in [-0.2, 0) is 4.79 Å². The van der Waals surface area contributed by atoms with E-state index in [0.29, 0.717) is 26.9 Å². The fourth-order valence-corrected chi connectivity index (χ4v) is 4.84. The minimum absolute atomic E-state index is 0.0810. The van der Waals surface area contributed by atoms with E-state index in [0.717, 1.165) is 27.7 Å². The summed E-state index contributed by atoms with van der Waals surface area (Å²) in [5.74, 6) is -0.132. The zero-order valence-corrected chi connectivity index (χ0v) is 20.1. The van der Waals surface area contributed by atoms with Gasteiger partial charge in [-0.2, -0.15) is 0 Å². The van der Waals surface area contributed by atoms with Crippen LogP contribution in [0.15, 0.2) is 76.7 Å². The molecule has 0 radical (unpaired) electrons. The van der Waals surface area contributed by atoms with Gasteiger partial charge in [0, 0.05) is 21.6 Å². The second-order valence-electron chi connectivity index (χ2n) is 8.02. The van der Waals surface area contributed by atoms with Crippen LogP contribution >= 0.6 is 23.4 Å². The fourth-order valence-electron chi connectivity index (χ4n) is 3.86. The number of hydrogen-bond acceptors (Lipinski definition) is 4. The number of aromatic nitrogens is 3. The van der Waals surface area contributed by atoms with Crippen LogP contribution in [0, 0.1) is 13.8 Å². The van der Waals surface area contributed by atoms with Crippen LogP contribution in [0.2, 0.25) is 5.02 Å². The summed E-state index contributed by atoms with van der Waals surface area (Å²) >= 11 is 7.40. The number of aryl methyl sites for hydroxylation is 2. The van der Waals surface area contributed by atoms with Crippen LogP contribution in [0.1, 0.15) is 11.1 Å². The van der Waals surface area contributed by atoms with Gasteiger partial charge in [-0.05, 0) is 49.2 Å². The predicted octanol–water partition coefficient (Wildman–Crippen LogP) is 5.87. The molecule has 5 rings (SSSR count). The Labute approximate surface area is 205 Å². The highest BCUT2D eigenvalue weighted by molar-refractivity contribution is 7.99. The summed E-state index contributed by atoms with van der Waals surface area (Å²) in [5.41, 5.74) is 4.89. The van der Waals surface area contributed by atoms with Gasteiger partial charge in [-0.3, -0.25) is 14.2 Å². The standard InChI is InChI=1S/C26H21ClN4O2S/c1-15-11-12-17(13-19(15)27)28-22(32)14-34-26-30-23-18-8-4-5-9-20(18)29-24(23)25(33)31(26)21-10-6-3-7-16(21)2/h3-13,29H,14H2,1-2H3,(H,28,32). The summed E-state index contributed by atoms with van der Waals surface area (Å²) in [5, 5.41) is 4.77. The minimum atomic E-state index is -0.213. The Morgan fingerprint density at radius 2 is 1.82 bits per heavy atom. The van der Waals surface area contributed by atoms with Crippen LogP contribution in [0.3, 0.4) is 0 Å². The van der Waals surface area contributed by atoms with Crippen molar-refractivity contribution in [1.82, 2.24) is 14.5 Å². The highest BCUT2D eigenvalue weighted by atomic mass is 35.5. The summed E-state index contributed by atoms with van der Waals surface area (Å²) in [7, 11) is 0. The normalized spacial score (nSPS) is 11.3. The van der Waals surface area contributed by atoms with Gasteiger partial charge < -0.3 is 10.3 Å². The Hall–Kier alpha value is -3.55. The largest absolute Gasteiger partial charge is 0.349 e. The summed E-state index contributed by atoms with van der Waals surface area (Å²) in [6.45, 7) is 3.85. The monoisotopic (exact) mass is 488 g/mol. The smallest absolute Gasteiger partial charge is 0.283 e. The lowest BCUT2D eigenvalue weighted by molar-refractivity contribution is -0.113. The van der Waals surface area contributed by atoms with E-state index in [2.05, 4.69) is 10.3 Å². The van der Waals surface area contributed by atoms with E-state index in [1.807, 2.05) is 74.5 Å². The quantitative estimate of drug-likeness (QED) is 0.239. The molecule has 170 valence electrons. The van der Waals surface area contributed by atoms with Gasteiger partial charge in [0.25, 0.3) is 5.56 Å². The number of fused-ring (bicyclic) bond motifs is 3. The Morgan fingerprint density at radius 1 is 1.06 bits per heavy atom. The lowest BCUT2D eigenvalue weighted by atomic mass is 10.2. The first-order valence-corrected chi connectivity index (χ1v) is 12.1. The van der Waals surface area contributed by atoms with Crippen molar-refractivity contribution in [2.75, 3.05) is 11.1 Å². The Kier molecular flexibility index (Phi) is 5.89. The molecule has 0 spiro atoms. The van der Waals surface area contributed by atoms with E-state index in [4.69, 9.17) is 16.6 Å². The number of anilines is 1. The molecular formula is C26H21ClN4O2S. The van der Waals surface area contributed by atoms with E-state index in [1.165, 1.54) is 11.8 Å². The van der Waals surface area contributed by atoms with Crippen molar-refractivity contribution in [2.45, 2.75) is 19.0 Å². The van der Waals surface area contributed by atoms with Crippen molar-refractivity contribution in [1.29, 1.82) is 0 Å². The molecular weight excluding hydrogens is 468 g/mol. The van der Waals surface area contributed by atoms with Gasteiger partial charge in [0.15, 0.2) is 5.16 Å². The zero-order valence-electron chi connectivity index (χ0n) is 18.6. The number of aromatic amines is 1. The molecule has 0 aliphatic heterocycles. The molecule has 8 heteroatoms. The average molecular weight is 489 g/mol. The number of para-hydroxylation sites is 2. The summed E-state index contributed by atoms with van der Waals surface area (Å²) in [4.78, 5) is 34.4. The first-order valence-electron chi connectivity index (χ1n) is 10.7. The van der Waals surface area contributed by atoms with Crippen LogP contribution in [0.4, 0.5) is 5.69 Å². The second-order valence-corrected chi connectivity index (χ2v) is 9.37. The maximum absolute atomic E-state index is 13.6. The molecule has 3 aromatic carbocycles. The molecule has 0 aliphatic rings. The third kappa shape index (κ3) is 4.08. The Bertz CT molecular complexity index is 1620. The number of benzene rings is 3. The van der Waals surface area contributed by atoms with E-state index < -0.39 is 0 Å². The molecule has 2 heterocycles. The van der Waals surface area contributed by atoms with Crippen molar-refractivity contribution in [3.05, 3.63) is 93.2 Å². The first-order chi connectivity index (χ1) is 16.4. The molecule has 0 saturated heterocycles. The predicted molar refractivity (Wildman–Crippen MR) is 139 cm³/mol. The van der Waals surface area contributed by atoms with Gasteiger partial charge in [-0.1, -0.05) is 65.8 Å². The van der Waals surface area contributed by atoms with E-state index in [9.17, 15) is 9.59 Å². The van der Waals surface area contributed by atoms with E-state index >= 15 is 0 Å². The van der Waals surface area contributed by atoms with Crippen LogP contribution in [-0.4, -0.2) is 26.2 Å². The maximum atomic E-state index is 13.6. The molecule has 2 aromatic heterocycles. The molecule has 34 heavy (non-hydrogen) atoms. The van der Waals surface area contributed by atoms with Gasteiger partial charge in [-0.25, -0.2) is 4.98 Å². The number of halogens is 1. The number of carbonyl (C=O) groups excluding carboxylic acids is 1. The van der Waals surface area contributed by atoms with Crippen LogP contribution in [0.5, 0.6) is 0 Å². The number of thioether (sulfide) groups is 1. The summed E-state index contributed by atoms with van der Waals surface area (Å²) in [6, 6.07) is 20.7. The van der Waals surface area contributed by atoms with Gasteiger partial charge in [0.05, 0.1) is 11.4 Å². The van der Waals surface area contributed by atoms with Crippen molar-refractivity contribution in [3.63, 3.8) is 0 Å². The molecule has 5 aromatic rings. The molecule has 0 saturated carbocycles. The lowest BCUT2D eigenvalue weighted by Crippen LogP contribution is -2.23. The van der Waals surface area contributed by atoms with Gasteiger partial charge in [0.1, 0.15) is 11.0 Å². The molecule has 0 fully saturated rings. The van der Waals surface area contributed by atoms with Crippen molar-refractivity contribution < 1.29 is 4.79 Å². The number of nitrogens with zero attached hydrogens (tertiary/aromatic N) is 2. The highest BCUT2D eigenvalue weighted by Gasteiger charge is 2.19. The van der Waals surface area contributed by atoms with E-state index in [1.54, 1.807) is 10.6 Å². The molecule has 0 unspecified atom stereocenters. The molecule has 0 atom stereocenters. The molecule has 0 aliphatic carbocycles. The number of nitrogens with one attached hydrogen (secondary N) is 2. The van der Waals surface area contributed by atoms with E-state index in [-0.39, 0.29) is 17.2 Å². The zero-order chi connectivity index (χ0) is 23.8. The fraction of sp³-hybridized carbons (Fsp3) is 0.115. The molecule has 6 nitrogen and oxygen atoms in total. The number of rotatable bonds is 5. The summed E-state index contributed by atoms with van der Waals surface area (Å²) < 4.78 is 1.58. The minimum Gasteiger partial charge on any atom is -0.349 e. The number of amides is 1. The third-order valence-electron chi connectivity index (χ3n) is 5.64. The third-order valence-corrected chi connectivity index (χ3v) is 6.98. The number of H-pyrrole nitrogens is 1. The van der Waals surface area contributed by atoms with Gasteiger partial charge in [-0.15, -0.1) is 0 Å². The van der Waals surface area contributed by atoms with Gasteiger partial charge in [0.2, 0.25) is 5.91 Å². The summed E-state index contributed by atoms with van der Waals surface area (Å²) in [6.07, 6.45) is 0. The molecule has 0 bridgehead atoms. The van der Waals surface area contributed by atoms with Crippen molar-refractivity contribution >= 4 is 56.9 Å². The molecule has 2 N–H and O–H groups in total. The Morgan fingerprint density at radius 3 is 2.62 bits per heavy atom.